The van der Waals surface area contributed by atoms with E-state index in [0.29, 0.717) is 11.5 Å². The van der Waals surface area contributed by atoms with Crippen molar-refractivity contribution in [2.75, 3.05) is 0 Å². The Labute approximate surface area is 159 Å². The summed E-state index contributed by atoms with van der Waals surface area (Å²) in [5.41, 5.74) is 6.67. The van der Waals surface area contributed by atoms with E-state index >= 15 is 0 Å². The van der Waals surface area contributed by atoms with Gasteiger partial charge in [0, 0.05) is 33.8 Å². The molecule has 4 nitrogen and oxygen atoms in total. The fourth-order valence-corrected chi connectivity index (χ4v) is 4.49. The maximum absolute atomic E-state index is 11.8. The van der Waals surface area contributed by atoms with E-state index in [4.69, 9.17) is 0 Å². The first kappa shape index (κ1) is 17.7. The Morgan fingerprint density at radius 1 is 1.19 bits per heavy atom. The molecular formula is C23H24N2O2. The highest BCUT2D eigenvalue weighted by atomic mass is 16.3. The summed E-state index contributed by atoms with van der Waals surface area (Å²) in [7, 11) is 0. The molecule has 0 radical (unpaired) electrons. The monoisotopic (exact) mass is 360 g/mol. The molecular weight excluding hydrogens is 336 g/mol. The molecule has 2 aromatic carbocycles. The zero-order valence-electron chi connectivity index (χ0n) is 15.9. The Kier molecular flexibility index (Phi) is 4.65. The number of hydrogen-bond donors (Lipinski definition) is 0. The number of nitroso groups, excluding NO2 is 1. The van der Waals surface area contributed by atoms with Crippen LogP contribution in [0.1, 0.15) is 66.9 Å². The van der Waals surface area contributed by atoms with Gasteiger partial charge in [0.15, 0.2) is 0 Å². The van der Waals surface area contributed by atoms with Crippen LogP contribution in [0, 0.1) is 4.91 Å². The first-order valence-corrected chi connectivity index (χ1v) is 9.81. The molecule has 0 N–H and O–H groups in total. The molecule has 0 aliphatic carbocycles. The SMILES string of the molecule is CCCCC(CC)c1c2n(c3cc(C(=O)N=O)ccc13)Cc1ccccc1-2. The highest BCUT2D eigenvalue weighted by Crippen LogP contribution is 2.46. The molecule has 0 spiro atoms. The van der Waals surface area contributed by atoms with Crippen molar-refractivity contribution in [2.45, 2.75) is 52.0 Å². The summed E-state index contributed by atoms with van der Waals surface area (Å²) in [6.07, 6.45) is 4.64. The smallest absolute Gasteiger partial charge is 0.316 e. The summed E-state index contributed by atoms with van der Waals surface area (Å²) in [6.45, 7) is 5.29. The average Bonchev–Trinajstić information content (AvgIpc) is 3.23. The Balaban J connectivity index is 1.98. The molecule has 1 aliphatic heterocycles. The Morgan fingerprint density at radius 2 is 2.00 bits per heavy atom. The molecule has 2 heterocycles. The van der Waals surface area contributed by atoms with Crippen molar-refractivity contribution in [1.82, 2.24) is 4.57 Å². The van der Waals surface area contributed by atoms with Crippen LogP contribution in [0.3, 0.4) is 0 Å². The van der Waals surface area contributed by atoms with Crippen molar-refractivity contribution < 1.29 is 4.79 Å². The van der Waals surface area contributed by atoms with Crippen LogP contribution >= 0.6 is 0 Å². The third-order valence-corrected chi connectivity index (χ3v) is 5.84. The summed E-state index contributed by atoms with van der Waals surface area (Å²) in [4.78, 5) is 22.6. The second-order valence-electron chi connectivity index (χ2n) is 7.38. The lowest BCUT2D eigenvalue weighted by atomic mass is 9.87. The van der Waals surface area contributed by atoms with Gasteiger partial charge in [0.1, 0.15) is 0 Å². The zero-order chi connectivity index (χ0) is 19.0. The second-order valence-corrected chi connectivity index (χ2v) is 7.38. The summed E-state index contributed by atoms with van der Waals surface area (Å²) in [5, 5.41) is 3.80. The van der Waals surface area contributed by atoms with E-state index in [2.05, 4.69) is 47.9 Å². The van der Waals surface area contributed by atoms with Gasteiger partial charge in [-0.2, -0.15) is 0 Å². The van der Waals surface area contributed by atoms with E-state index in [-0.39, 0.29) is 0 Å². The van der Waals surface area contributed by atoms with Crippen LogP contribution in [0.5, 0.6) is 0 Å². The Morgan fingerprint density at radius 3 is 2.74 bits per heavy atom. The number of nitrogens with zero attached hydrogens (tertiary/aromatic N) is 2. The summed E-state index contributed by atoms with van der Waals surface area (Å²) in [6, 6.07) is 14.1. The zero-order valence-corrected chi connectivity index (χ0v) is 15.9. The molecule has 1 aliphatic rings. The van der Waals surface area contributed by atoms with E-state index < -0.39 is 5.91 Å². The minimum atomic E-state index is -0.706. The van der Waals surface area contributed by atoms with E-state index in [0.717, 1.165) is 24.9 Å². The fraction of sp³-hybridized carbons (Fsp3) is 0.348. The third-order valence-electron chi connectivity index (χ3n) is 5.84. The topological polar surface area (TPSA) is 51.4 Å². The molecule has 4 rings (SSSR count). The van der Waals surface area contributed by atoms with Crippen molar-refractivity contribution in [2.24, 2.45) is 5.18 Å². The van der Waals surface area contributed by atoms with E-state index in [1.54, 1.807) is 6.07 Å². The van der Waals surface area contributed by atoms with Crippen molar-refractivity contribution in [3.05, 3.63) is 64.1 Å². The predicted octanol–water partition coefficient (Wildman–Crippen LogP) is 6.26. The Bertz CT molecular complexity index is 1030. The first-order valence-electron chi connectivity index (χ1n) is 9.81. The maximum Gasteiger partial charge on any atom is 0.316 e. The van der Waals surface area contributed by atoms with Gasteiger partial charge in [-0.25, -0.2) is 0 Å². The van der Waals surface area contributed by atoms with Crippen molar-refractivity contribution in [3.63, 3.8) is 0 Å². The first-order chi connectivity index (χ1) is 13.2. The minimum absolute atomic E-state index is 0.363. The lowest BCUT2D eigenvalue weighted by Gasteiger charge is -2.16. The summed E-state index contributed by atoms with van der Waals surface area (Å²) >= 11 is 0. The fourth-order valence-electron chi connectivity index (χ4n) is 4.49. The van der Waals surface area contributed by atoms with Gasteiger partial charge in [-0.05, 0) is 42.0 Å². The van der Waals surface area contributed by atoms with E-state index in [1.165, 1.54) is 40.6 Å². The number of aromatic nitrogens is 1. The summed E-state index contributed by atoms with van der Waals surface area (Å²) in [5.74, 6) is -0.219. The van der Waals surface area contributed by atoms with Crippen molar-refractivity contribution in [1.29, 1.82) is 0 Å². The number of benzene rings is 2. The summed E-state index contributed by atoms with van der Waals surface area (Å²) < 4.78 is 2.31. The van der Waals surface area contributed by atoms with Crippen LogP contribution in [-0.4, -0.2) is 10.5 Å². The van der Waals surface area contributed by atoms with Crippen molar-refractivity contribution in [3.8, 4) is 11.3 Å². The normalized spacial score (nSPS) is 13.4. The molecule has 138 valence electrons. The van der Waals surface area contributed by atoms with Gasteiger partial charge in [-0.1, -0.05) is 57.0 Å². The molecule has 27 heavy (non-hydrogen) atoms. The van der Waals surface area contributed by atoms with E-state index in [9.17, 15) is 9.70 Å². The number of carbonyl (C=O) groups excluding carboxylic acids is 1. The molecule has 3 aromatic rings. The molecule has 1 aromatic heterocycles. The number of hydrogen-bond acceptors (Lipinski definition) is 2. The van der Waals surface area contributed by atoms with Gasteiger partial charge in [0.05, 0.1) is 5.69 Å². The highest BCUT2D eigenvalue weighted by molar-refractivity contribution is 6.01. The predicted molar refractivity (Wildman–Crippen MR) is 109 cm³/mol. The molecule has 1 atom stereocenters. The Hall–Kier alpha value is -2.75. The number of rotatable bonds is 6. The third kappa shape index (κ3) is 2.80. The van der Waals surface area contributed by atoms with Gasteiger partial charge in [0.25, 0.3) is 0 Å². The number of fused-ring (bicyclic) bond motifs is 5. The molecule has 1 unspecified atom stereocenters. The highest BCUT2D eigenvalue weighted by Gasteiger charge is 2.29. The minimum Gasteiger partial charge on any atom is -0.336 e. The second kappa shape index (κ2) is 7.10. The lowest BCUT2D eigenvalue weighted by Crippen LogP contribution is -1.99. The number of carbonyl (C=O) groups is 1. The van der Waals surface area contributed by atoms with Crippen molar-refractivity contribution >= 4 is 16.8 Å². The van der Waals surface area contributed by atoms with Gasteiger partial charge in [-0.15, -0.1) is 4.91 Å². The lowest BCUT2D eigenvalue weighted by molar-refractivity contribution is 0.100. The van der Waals surface area contributed by atoms with Crippen LogP contribution in [0.15, 0.2) is 47.6 Å². The van der Waals surface area contributed by atoms with Crippen LogP contribution in [0.2, 0.25) is 0 Å². The van der Waals surface area contributed by atoms with Gasteiger partial charge in [-0.3, -0.25) is 4.79 Å². The maximum atomic E-state index is 11.8. The molecule has 1 amide bonds. The van der Waals surface area contributed by atoms with Crippen LogP contribution in [0.25, 0.3) is 22.2 Å². The van der Waals surface area contributed by atoms with E-state index in [1.807, 2.05) is 12.1 Å². The standard InChI is InChI=1S/C23H24N2O2/c1-3-5-8-15(4-2)21-19-12-11-16(23(26)24-27)13-20(19)25-14-17-9-6-7-10-18(17)22(21)25/h6-7,9-13,15H,3-5,8,14H2,1-2H3. The van der Waals surface area contributed by atoms with Gasteiger partial charge < -0.3 is 4.57 Å². The van der Waals surface area contributed by atoms with Crippen LogP contribution < -0.4 is 0 Å². The largest absolute Gasteiger partial charge is 0.336 e. The molecule has 4 heteroatoms. The molecule has 0 saturated carbocycles. The van der Waals surface area contributed by atoms with Crippen LogP contribution in [0.4, 0.5) is 0 Å². The molecule has 0 bridgehead atoms. The number of unbranched alkanes of at least 4 members (excludes halogenated alkanes) is 1. The van der Waals surface area contributed by atoms with Crippen LogP contribution in [-0.2, 0) is 6.54 Å². The molecule has 0 fully saturated rings. The quantitative estimate of drug-likeness (QED) is 0.381. The van der Waals surface area contributed by atoms with Gasteiger partial charge >= 0.3 is 5.91 Å². The van der Waals surface area contributed by atoms with Gasteiger partial charge in [0.2, 0.25) is 0 Å². The molecule has 0 saturated heterocycles. The number of amides is 1. The average molecular weight is 360 g/mol.